The van der Waals surface area contributed by atoms with Crippen LogP contribution in [0, 0.1) is 18.7 Å². The summed E-state index contributed by atoms with van der Waals surface area (Å²) < 4.78 is 14.1. The van der Waals surface area contributed by atoms with Crippen molar-refractivity contribution in [3.63, 3.8) is 0 Å². The third-order valence-corrected chi connectivity index (χ3v) is 4.25. The number of halogens is 1. The van der Waals surface area contributed by atoms with Crippen molar-refractivity contribution < 1.29 is 9.18 Å². The molecule has 2 heterocycles. The number of benzene rings is 1. The minimum atomic E-state index is -0.333. The van der Waals surface area contributed by atoms with E-state index in [1.54, 1.807) is 12.1 Å². The highest BCUT2D eigenvalue weighted by Gasteiger charge is 2.26. The quantitative estimate of drug-likeness (QED) is 0.849. The number of aryl methyl sites for hydroxylation is 1. The SMILES string of the molecule is Cc1[nH]c2cccc(F)c2c1C(=O)N1CCC(C)CC1. The second kappa shape index (κ2) is 4.93. The van der Waals surface area contributed by atoms with Gasteiger partial charge in [0, 0.05) is 29.7 Å². The number of hydrogen-bond donors (Lipinski definition) is 1. The van der Waals surface area contributed by atoms with Crippen molar-refractivity contribution in [2.24, 2.45) is 5.92 Å². The summed E-state index contributed by atoms with van der Waals surface area (Å²) in [7, 11) is 0. The van der Waals surface area contributed by atoms with Crippen LogP contribution in [0.15, 0.2) is 18.2 Å². The van der Waals surface area contributed by atoms with Crippen molar-refractivity contribution in [1.82, 2.24) is 9.88 Å². The van der Waals surface area contributed by atoms with Crippen LogP contribution in [0.2, 0.25) is 0 Å². The number of piperidine rings is 1. The van der Waals surface area contributed by atoms with E-state index in [-0.39, 0.29) is 11.7 Å². The number of amides is 1. The number of nitrogens with one attached hydrogen (secondary N) is 1. The Morgan fingerprint density at radius 2 is 2.05 bits per heavy atom. The number of carbonyl (C=O) groups is 1. The Morgan fingerprint density at radius 3 is 2.75 bits per heavy atom. The van der Waals surface area contributed by atoms with Crippen LogP contribution in [0.5, 0.6) is 0 Å². The van der Waals surface area contributed by atoms with E-state index in [2.05, 4.69) is 11.9 Å². The van der Waals surface area contributed by atoms with Gasteiger partial charge < -0.3 is 9.88 Å². The highest BCUT2D eigenvalue weighted by Crippen LogP contribution is 2.27. The first kappa shape index (κ1) is 13.2. The normalized spacial score (nSPS) is 16.9. The van der Waals surface area contributed by atoms with Crippen LogP contribution in [0.25, 0.3) is 10.9 Å². The molecular weight excluding hydrogens is 255 g/mol. The lowest BCUT2D eigenvalue weighted by Gasteiger charge is -2.30. The molecule has 1 aromatic carbocycles. The average molecular weight is 274 g/mol. The molecule has 0 atom stereocenters. The molecule has 1 fully saturated rings. The van der Waals surface area contributed by atoms with Crippen LogP contribution in [0.3, 0.4) is 0 Å². The average Bonchev–Trinajstić information content (AvgIpc) is 2.76. The number of aromatic amines is 1. The summed E-state index contributed by atoms with van der Waals surface area (Å²) in [5.41, 5.74) is 1.93. The Morgan fingerprint density at radius 1 is 1.35 bits per heavy atom. The molecule has 1 aromatic heterocycles. The molecule has 1 N–H and O–H groups in total. The Bertz CT molecular complexity index is 654. The minimum absolute atomic E-state index is 0.0502. The lowest BCUT2D eigenvalue weighted by atomic mass is 9.98. The molecule has 0 aliphatic carbocycles. The number of rotatable bonds is 1. The molecule has 1 amide bonds. The maximum absolute atomic E-state index is 14.1. The predicted octanol–water partition coefficient (Wildman–Crippen LogP) is 3.49. The maximum Gasteiger partial charge on any atom is 0.256 e. The largest absolute Gasteiger partial charge is 0.358 e. The number of aromatic nitrogens is 1. The minimum Gasteiger partial charge on any atom is -0.358 e. The highest BCUT2D eigenvalue weighted by atomic mass is 19.1. The number of hydrogen-bond acceptors (Lipinski definition) is 1. The molecule has 0 unspecified atom stereocenters. The molecule has 0 saturated carbocycles. The molecule has 106 valence electrons. The van der Waals surface area contributed by atoms with Crippen molar-refractivity contribution in [2.45, 2.75) is 26.7 Å². The fraction of sp³-hybridized carbons (Fsp3) is 0.438. The van der Waals surface area contributed by atoms with E-state index in [0.717, 1.165) is 31.6 Å². The van der Waals surface area contributed by atoms with Crippen molar-refractivity contribution >= 4 is 16.8 Å². The summed E-state index contributed by atoms with van der Waals surface area (Å²) >= 11 is 0. The first-order chi connectivity index (χ1) is 9.58. The van der Waals surface area contributed by atoms with Gasteiger partial charge in [-0.2, -0.15) is 0 Å². The van der Waals surface area contributed by atoms with E-state index in [4.69, 9.17) is 0 Å². The van der Waals surface area contributed by atoms with Gasteiger partial charge in [0.05, 0.1) is 5.56 Å². The standard InChI is InChI=1S/C16H19FN2O/c1-10-6-8-19(9-7-10)16(20)14-11(2)18-13-5-3-4-12(17)15(13)14/h3-5,10,18H,6-9H2,1-2H3. The smallest absolute Gasteiger partial charge is 0.256 e. The monoisotopic (exact) mass is 274 g/mol. The van der Waals surface area contributed by atoms with Gasteiger partial charge in [-0.05, 0) is 37.8 Å². The molecule has 1 saturated heterocycles. The van der Waals surface area contributed by atoms with Crippen LogP contribution in [-0.4, -0.2) is 28.9 Å². The molecule has 0 spiro atoms. The van der Waals surface area contributed by atoms with Crippen molar-refractivity contribution in [3.8, 4) is 0 Å². The topological polar surface area (TPSA) is 36.1 Å². The van der Waals surface area contributed by atoms with Gasteiger partial charge in [0.2, 0.25) is 0 Å². The fourth-order valence-corrected chi connectivity index (χ4v) is 2.97. The second-order valence-electron chi connectivity index (χ2n) is 5.76. The third-order valence-electron chi connectivity index (χ3n) is 4.25. The van der Waals surface area contributed by atoms with Gasteiger partial charge in [-0.25, -0.2) is 4.39 Å². The molecule has 4 heteroatoms. The second-order valence-corrected chi connectivity index (χ2v) is 5.76. The zero-order valence-electron chi connectivity index (χ0n) is 11.9. The Kier molecular flexibility index (Phi) is 3.24. The number of H-pyrrole nitrogens is 1. The molecule has 2 aromatic rings. The summed E-state index contributed by atoms with van der Waals surface area (Å²) in [6.45, 7) is 5.57. The predicted molar refractivity (Wildman–Crippen MR) is 77.3 cm³/mol. The van der Waals surface area contributed by atoms with E-state index in [1.807, 2.05) is 11.8 Å². The van der Waals surface area contributed by atoms with E-state index in [0.29, 0.717) is 22.4 Å². The Balaban J connectivity index is 2.01. The summed E-state index contributed by atoms with van der Waals surface area (Å²) in [4.78, 5) is 17.7. The van der Waals surface area contributed by atoms with Crippen molar-refractivity contribution in [1.29, 1.82) is 0 Å². The summed E-state index contributed by atoms with van der Waals surface area (Å²) in [5.74, 6) is 0.283. The third kappa shape index (κ3) is 2.09. The zero-order chi connectivity index (χ0) is 14.3. The van der Waals surface area contributed by atoms with Gasteiger partial charge in [0.1, 0.15) is 5.82 Å². The molecule has 20 heavy (non-hydrogen) atoms. The number of fused-ring (bicyclic) bond motifs is 1. The first-order valence-corrected chi connectivity index (χ1v) is 7.14. The fourth-order valence-electron chi connectivity index (χ4n) is 2.97. The van der Waals surface area contributed by atoms with E-state index < -0.39 is 0 Å². The van der Waals surface area contributed by atoms with E-state index >= 15 is 0 Å². The van der Waals surface area contributed by atoms with Crippen LogP contribution in [0.1, 0.15) is 35.8 Å². The van der Waals surface area contributed by atoms with E-state index in [9.17, 15) is 9.18 Å². The lowest BCUT2D eigenvalue weighted by molar-refractivity contribution is 0.0698. The molecule has 1 aliphatic rings. The van der Waals surface area contributed by atoms with Gasteiger partial charge in [0.25, 0.3) is 5.91 Å². The summed E-state index contributed by atoms with van der Waals surface area (Å²) in [5, 5.41) is 0.425. The van der Waals surface area contributed by atoms with Gasteiger partial charge in [-0.3, -0.25) is 4.79 Å². The molecule has 0 bridgehead atoms. The summed E-state index contributed by atoms with van der Waals surface area (Å²) in [6.07, 6.45) is 2.05. The molecule has 0 radical (unpaired) electrons. The number of carbonyl (C=O) groups excluding carboxylic acids is 1. The first-order valence-electron chi connectivity index (χ1n) is 7.14. The van der Waals surface area contributed by atoms with Gasteiger partial charge >= 0.3 is 0 Å². The molecule has 1 aliphatic heterocycles. The van der Waals surface area contributed by atoms with Crippen molar-refractivity contribution in [3.05, 3.63) is 35.3 Å². The highest BCUT2D eigenvalue weighted by molar-refractivity contribution is 6.08. The lowest BCUT2D eigenvalue weighted by Crippen LogP contribution is -2.38. The Labute approximate surface area is 117 Å². The maximum atomic E-state index is 14.1. The van der Waals surface area contributed by atoms with Crippen LogP contribution >= 0.6 is 0 Å². The Hall–Kier alpha value is -1.84. The van der Waals surface area contributed by atoms with Crippen molar-refractivity contribution in [2.75, 3.05) is 13.1 Å². The number of likely N-dealkylation sites (tertiary alicyclic amines) is 1. The molecule has 3 nitrogen and oxygen atoms in total. The van der Waals surface area contributed by atoms with Gasteiger partial charge in [0.15, 0.2) is 0 Å². The summed E-state index contributed by atoms with van der Waals surface area (Å²) in [6, 6.07) is 4.87. The molecular formula is C16H19FN2O. The van der Waals surface area contributed by atoms with Crippen LogP contribution < -0.4 is 0 Å². The van der Waals surface area contributed by atoms with Crippen LogP contribution in [0.4, 0.5) is 4.39 Å². The van der Waals surface area contributed by atoms with E-state index in [1.165, 1.54) is 6.07 Å². The van der Waals surface area contributed by atoms with Gasteiger partial charge in [-0.15, -0.1) is 0 Å². The molecule has 3 rings (SSSR count). The number of nitrogens with zero attached hydrogens (tertiary/aromatic N) is 1. The van der Waals surface area contributed by atoms with Gasteiger partial charge in [-0.1, -0.05) is 13.0 Å². The zero-order valence-corrected chi connectivity index (χ0v) is 11.9. The van der Waals surface area contributed by atoms with Crippen LogP contribution in [-0.2, 0) is 0 Å².